The minimum atomic E-state index is 0.129. The predicted molar refractivity (Wildman–Crippen MR) is 89.6 cm³/mol. The molecule has 112 valence electrons. The fraction of sp³-hybridized carbons (Fsp3) is 0.688. The van der Waals surface area contributed by atoms with Gasteiger partial charge in [0.25, 0.3) is 0 Å². The molecule has 0 saturated carbocycles. The van der Waals surface area contributed by atoms with Crippen LogP contribution in [0.1, 0.15) is 40.2 Å². The van der Waals surface area contributed by atoms with Crippen LogP contribution in [0.25, 0.3) is 0 Å². The molecule has 3 nitrogen and oxygen atoms in total. The molecule has 0 bridgehead atoms. The van der Waals surface area contributed by atoms with Gasteiger partial charge in [0.1, 0.15) is 0 Å². The van der Waals surface area contributed by atoms with Crippen molar-refractivity contribution >= 4 is 17.4 Å². The largest absolute Gasteiger partial charge is 0.369 e. The summed E-state index contributed by atoms with van der Waals surface area (Å²) in [6, 6.07) is 2.16. The quantitative estimate of drug-likeness (QED) is 0.925. The predicted octanol–water partition coefficient (Wildman–Crippen LogP) is 3.30. The Balaban J connectivity index is 2.15. The monoisotopic (exact) mass is 293 g/mol. The standard InChI is InChI=1S/C16H27N3S/c1-15(2,3)18-11-13-10-17-7-6-14(13)19-8-9-20-16(4,5)12-19/h6-7,10,18H,8-9,11-12H2,1-5H3. The molecule has 1 fully saturated rings. The Labute approximate surface area is 127 Å². The van der Waals surface area contributed by atoms with Gasteiger partial charge in [-0.15, -0.1) is 0 Å². The van der Waals surface area contributed by atoms with Gasteiger partial charge in [-0.1, -0.05) is 0 Å². The molecule has 1 N–H and O–H groups in total. The van der Waals surface area contributed by atoms with Crippen molar-refractivity contribution in [3.63, 3.8) is 0 Å². The van der Waals surface area contributed by atoms with Crippen LogP contribution in [0.2, 0.25) is 0 Å². The smallest absolute Gasteiger partial charge is 0.0443 e. The van der Waals surface area contributed by atoms with Gasteiger partial charge in [-0.3, -0.25) is 4.98 Å². The molecule has 0 amide bonds. The molecule has 1 saturated heterocycles. The van der Waals surface area contributed by atoms with Crippen molar-refractivity contribution < 1.29 is 0 Å². The molecule has 2 rings (SSSR count). The highest BCUT2D eigenvalue weighted by atomic mass is 32.2. The second-order valence-corrected chi connectivity index (χ2v) is 8.94. The average Bonchev–Trinajstić information content (AvgIpc) is 2.34. The zero-order valence-electron chi connectivity index (χ0n) is 13.4. The number of rotatable bonds is 3. The molecule has 20 heavy (non-hydrogen) atoms. The van der Waals surface area contributed by atoms with Crippen LogP contribution in [0, 0.1) is 0 Å². The van der Waals surface area contributed by atoms with Crippen molar-refractivity contribution in [3.05, 3.63) is 24.0 Å². The van der Waals surface area contributed by atoms with E-state index in [4.69, 9.17) is 0 Å². The Bertz CT molecular complexity index is 451. The number of anilines is 1. The highest BCUT2D eigenvalue weighted by molar-refractivity contribution is 8.00. The minimum Gasteiger partial charge on any atom is -0.369 e. The van der Waals surface area contributed by atoms with Crippen molar-refractivity contribution in [3.8, 4) is 0 Å². The van der Waals surface area contributed by atoms with Gasteiger partial charge in [0.2, 0.25) is 0 Å². The highest BCUT2D eigenvalue weighted by Crippen LogP contribution is 2.33. The van der Waals surface area contributed by atoms with Crippen LogP contribution in [-0.2, 0) is 6.54 Å². The molecule has 4 heteroatoms. The first kappa shape index (κ1) is 15.6. The number of pyridine rings is 1. The summed E-state index contributed by atoms with van der Waals surface area (Å²) in [5.74, 6) is 1.20. The fourth-order valence-corrected chi connectivity index (χ4v) is 3.56. The molecule has 0 unspecified atom stereocenters. The highest BCUT2D eigenvalue weighted by Gasteiger charge is 2.28. The Kier molecular flexibility index (Phi) is 4.65. The first-order valence-corrected chi connectivity index (χ1v) is 8.32. The van der Waals surface area contributed by atoms with E-state index in [0.29, 0.717) is 4.75 Å². The molecule has 1 aromatic rings. The molecule has 0 aliphatic carbocycles. The maximum Gasteiger partial charge on any atom is 0.0443 e. The summed E-state index contributed by atoms with van der Waals surface area (Å²) in [7, 11) is 0. The Morgan fingerprint density at radius 3 is 2.80 bits per heavy atom. The molecular formula is C16H27N3S. The number of nitrogens with zero attached hydrogens (tertiary/aromatic N) is 2. The topological polar surface area (TPSA) is 28.2 Å². The van der Waals surface area contributed by atoms with Gasteiger partial charge in [0, 0.05) is 59.3 Å². The third kappa shape index (κ3) is 4.38. The lowest BCUT2D eigenvalue weighted by atomic mass is 10.1. The van der Waals surface area contributed by atoms with E-state index >= 15 is 0 Å². The third-order valence-corrected chi connectivity index (χ3v) is 4.75. The van der Waals surface area contributed by atoms with Crippen molar-refractivity contribution in [1.82, 2.24) is 10.3 Å². The zero-order chi connectivity index (χ0) is 14.8. The van der Waals surface area contributed by atoms with Crippen LogP contribution < -0.4 is 10.2 Å². The summed E-state index contributed by atoms with van der Waals surface area (Å²) < 4.78 is 0.330. The molecule has 1 aliphatic heterocycles. The fourth-order valence-electron chi connectivity index (χ4n) is 2.45. The lowest BCUT2D eigenvalue weighted by Gasteiger charge is -2.39. The summed E-state index contributed by atoms with van der Waals surface area (Å²) in [4.78, 5) is 6.82. The summed E-state index contributed by atoms with van der Waals surface area (Å²) in [5.41, 5.74) is 2.76. The number of hydrogen-bond donors (Lipinski definition) is 1. The van der Waals surface area contributed by atoms with Gasteiger partial charge < -0.3 is 10.2 Å². The lowest BCUT2D eigenvalue weighted by Crippen LogP contribution is -2.44. The molecule has 0 radical (unpaired) electrons. The lowest BCUT2D eigenvalue weighted by molar-refractivity contribution is 0.424. The first-order chi connectivity index (χ1) is 9.27. The van der Waals surface area contributed by atoms with E-state index in [1.54, 1.807) is 0 Å². The zero-order valence-corrected chi connectivity index (χ0v) is 14.2. The van der Waals surface area contributed by atoms with Gasteiger partial charge in [-0.05, 0) is 40.7 Å². The summed E-state index contributed by atoms with van der Waals surface area (Å²) in [5, 5.41) is 3.57. The average molecular weight is 293 g/mol. The van der Waals surface area contributed by atoms with Crippen LogP contribution in [0.15, 0.2) is 18.5 Å². The SMILES string of the molecule is CC(C)(C)NCc1cnccc1N1CCSC(C)(C)C1. The first-order valence-electron chi connectivity index (χ1n) is 7.34. The maximum absolute atomic E-state index is 4.31. The minimum absolute atomic E-state index is 0.129. The van der Waals surface area contributed by atoms with Gasteiger partial charge in [0.15, 0.2) is 0 Å². The van der Waals surface area contributed by atoms with Crippen LogP contribution in [0.3, 0.4) is 0 Å². The number of nitrogens with one attached hydrogen (secondary N) is 1. The molecule has 2 heterocycles. The van der Waals surface area contributed by atoms with E-state index in [-0.39, 0.29) is 5.54 Å². The van der Waals surface area contributed by atoms with Crippen LogP contribution in [-0.4, -0.2) is 34.1 Å². The van der Waals surface area contributed by atoms with E-state index in [2.05, 4.69) is 67.6 Å². The third-order valence-electron chi connectivity index (χ3n) is 3.45. The van der Waals surface area contributed by atoms with E-state index in [1.165, 1.54) is 17.0 Å². The van der Waals surface area contributed by atoms with Gasteiger partial charge >= 0.3 is 0 Å². The summed E-state index contributed by atoms with van der Waals surface area (Å²) in [6.07, 6.45) is 3.91. The van der Waals surface area contributed by atoms with E-state index in [1.807, 2.05) is 12.4 Å². The number of hydrogen-bond acceptors (Lipinski definition) is 4. The molecule has 0 spiro atoms. The summed E-state index contributed by atoms with van der Waals surface area (Å²) in [6.45, 7) is 14.4. The van der Waals surface area contributed by atoms with Crippen molar-refractivity contribution in [1.29, 1.82) is 0 Å². The second kappa shape index (κ2) is 5.94. The normalized spacial score (nSPS) is 19.1. The Hall–Kier alpha value is -0.740. The molecule has 0 atom stereocenters. The summed E-state index contributed by atoms with van der Waals surface area (Å²) >= 11 is 2.07. The maximum atomic E-state index is 4.31. The van der Waals surface area contributed by atoms with E-state index in [0.717, 1.165) is 19.6 Å². The van der Waals surface area contributed by atoms with Crippen molar-refractivity contribution in [2.75, 3.05) is 23.7 Å². The second-order valence-electron chi connectivity index (χ2n) is 7.14. The molecular weight excluding hydrogens is 266 g/mol. The number of thioether (sulfide) groups is 1. The van der Waals surface area contributed by atoms with Gasteiger partial charge in [0.05, 0.1) is 0 Å². The Morgan fingerprint density at radius 1 is 1.40 bits per heavy atom. The van der Waals surface area contributed by atoms with Crippen molar-refractivity contribution in [2.24, 2.45) is 0 Å². The molecule has 1 aromatic heterocycles. The van der Waals surface area contributed by atoms with Gasteiger partial charge in [-0.25, -0.2) is 0 Å². The molecule has 1 aliphatic rings. The van der Waals surface area contributed by atoms with Crippen LogP contribution >= 0.6 is 11.8 Å². The van der Waals surface area contributed by atoms with Crippen LogP contribution in [0.5, 0.6) is 0 Å². The Morgan fingerprint density at radius 2 is 2.15 bits per heavy atom. The molecule has 0 aromatic carbocycles. The van der Waals surface area contributed by atoms with E-state index in [9.17, 15) is 0 Å². The van der Waals surface area contributed by atoms with Crippen molar-refractivity contribution in [2.45, 2.75) is 51.4 Å². The van der Waals surface area contributed by atoms with E-state index < -0.39 is 0 Å². The number of aromatic nitrogens is 1. The van der Waals surface area contributed by atoms with Gasteiger partial charge in [-0.2, -0.15) is 11.8 Å². The van der Waals surface area contributed by atoms with Crippen LogP contribution in [0.4, 0.5) is 5.69 Å².